The van der Waals surface area contributed by atoms with E-state index in [1.165, 1.54) is 23.5 Å². The summed E-state index contributed by atoms with van der Waals surface area (Å²) in [4.78, 5) is 5.47. The van der Waals surface area contributed by atoms with E-state index in [-0.39, 0.29) is 5.82 Å². The summed E-state index contributed by atoms with van der Waals surface area (Å²) in [6, 6.07) is 15.6. The Kier molecular flexibility index (Phi) is 5.48. The van der Waals surface area contributed by atoms with Crippen LogP contribution in [0.5, 0.6) is 11.5 Å². The van der Waals surface area contributed by atoms with Crippen LogP contribution in [-0.2, 0) is 6.54 Å². The molecule has 148 valence electrons. The van der Waals surface area contributed by atoms with Crippen molar-refractivity contribution in [2.75, 3.05) is 14.2 Å². The van der Waals surface area contributed by atoms with Crippen molar-refractivity contribution in [3.63, 3.8) is 0 Å². The van der Waals surface area contributed by atoms with Crippen LogP contribution in [0.15, 0.2) is 75.7 Å². The second-order valence-electron chi connectivity index (χ2n) is 6.22. The zero-order valence-corrected chi connectivity index (χ0v) is 16.8. The van der Waals surface area contributed by atoms with Crippen molar-refractivity contribution in [1.29, 1.82) is 0 Å². The molecule has 0 aliphatic heterocycles. The fourth-order valence-corrected chi connectivity index (χ4v) is 3.90. The number of thiazole rings is 1. The molecule has 0 aliphatic carbocycles. The normalized spacial score (nSPS) is 11.6. The zero-order chi connectivity index (χ0) is 20.2. The molecule has 2 aromatic heterocycles. The van der Waals surface area contributed by atoms with Crippen molar-refractivity contribution in [2.24, 2.45) is 4.99 Å². The highest BCUT2D eigenvalue weighted by Gasteiger charge is 2.15. The van der Waals surface area contributed by atoms with Crippen molar-refractivity contribution < 1.29 is 18.3 Å². The summed E-state index contributed by atoms with van der Waals surface area (Å²) < 4.78 is 31.7. The van der Waals surface area contributed by atoms with Crippen molar-refractivity contribution in [2.45, 2.75) is 6.54 Å². The van der Waals surface area contributed by atoms with Gasteiger partial charge in [0.15, 0.2) is 4.80 Å². The lowest BCUT2D eigenvalue weighted by molar-refractivity contribution is 0.395. The minimum absolute atomic E-state index is 0.290. The van der Waals surface area contributed by atoms with Crippen LogP contribution in [0.2, 0.25) is 0 Å². The highest BCUT2D eigenvalue weighted by molar-refractivity contribution is 7.07. The molecule has 7 heteroatoms. The van der Waals surface area contributed by atoms with Crippen molar-refractivity contribution in [3.8, 4) is 22.8 Å². The molecule has 0 radical (unpaired) electrons. The maximum atomic E-state index is 13.2. The molecule has 0 saturated carbocycles. The molecule has 0 fully saturated rings. The summed E-state index contributed by atoms with van der Waals surface area (Å²) >= 11 is 1.50. The van der Waals surface area contributed by atoms with E-state index in [2.05, 4.69) is 4.57 Å². The molecule has 0 atom stereocenters. The Balaban J connectivity index is 1.86. The van der Waals surface area contributed by atoms with E-state index in [9.17, 15) is 4.39 Å². The Morgan fingerprint density at radius 2 is 1.90 bits per heavy atom. The first kappa shape index (κ1) is 19.0. The first-order chi connectivity index (χ1) is 14.2. The number of nitrogens with zero attached hydrogens (tertiary/aromatic N) is 2. The minimum Gasteiger partial charge on any atom is -0.497 e. The Hall–Kier alpha value is -3.32. The molecule has 5 nitrogen and oxygen atoms in total. The SMILES string of the molecule is COc1ccc(-c2csc(=Nc3ccc(F)cc3)n2Cc2ccco2)c(OC)c1. The van der Waals surface area contributed by atoms with Crippen LogP contribution in [0.1, 0.15) is 5.76 Å². The van der Waals surface area contributed by atoms with Gasteiger partial charge in [0.2, 0.25) is 0 Å². The summed E-state index contributed by atoms with van der Waals surface area (Å²) in [5, 5.41) is 2.02. The number of hydrogen-bond donors (Lipinski definition) is 0. The molecule has 29 heavy (non-hydrogen) atoms. The average Bonchev–Trinajstić information content (AvgIpc) is 3.40. The third-order valence-electron chi connectivity index (χ3n) is 4.43. The molecule has 2 aromatic carbocycles. The maximum absolute atomic E-state index is 13.2. The van der Waals surface area contributed by atoms with E-state index < -0.39 is 0 Å². The zero-order valence-electron chi connectivity index (χ0n) is 16.0. The Labute approximate surface area is 171 Å². The standard InChI is InChI=1S/C22H19FN2O3S/c1-26-17-9-10-19(21(12-17)27-2)20-14-29-22(24-16-7-5-15(23)6-8-16)25(20)13-18-4-3-11-28-18/h3-12,14H,13H2,1-2H3. The molecule has 4 aromatic rings. The van der Waals surface area contributed by atoms with Gasteiger partial charge in [0.25, 0.3) is 0 Å². The second kappa shape index (κ2) is 8.36. The van der Waals surface area contributed by atoms with Gasteiger partial charge < -0.3 is 18.5 Å². The van der Waals surface area contributed by atoms with Crippen LogP contribution in [0.25, 0.3) is 11.3 Å². The van der Waals surface area contributed by atoms with E-state index >= 15 is 0 Å². The number of hydrogen-bond acceptors (Lipinski definition) is 5. The highest BCUT2D eigenvalue weighted by atomic mass is 32.1. The van der Waals surface area contributed by atoms with Crippen molar-refractivity contribution >= 4 is 17.0 Å². The van der Waals surface area contributed by atoms with Gasteiger partial charge in [-0.05, 0) is 48.5 Å². The van der Waals surface area contributed by atoms with Gasteiger partial charge in [0, 0.05) is 17.0 Å². The van der Waals surface area contributed by atoms with E-state index in [1.807, 2.05) is 35.7 Å². The maximum Gasteiger partial charge on any atom is 0.190 e. The Morgan fingerprint density at radius 1 is 1.07 bits per heavy atom. The van der Waals surface area contributed by atoms with Crippen LogP contribution in [0.4, 0.5) is 10.1 Å². The van der Waals surface area contributed by atoms with Crippen LogP contribution < -0.4 is 14.3 Å². The molecule has 0 bridgehead atoms. The third kappa shape index (κ3) is 4.09. The quantitative estimate of drug-likeness (QED) is 0.436. The van der Waals surface area contributed by atoms with E-state index in [0.717, 1.165) is 27.6 Å². The predicted octanol–water partition coefficient (Wildman–Crippen LogP) is 5.25. The van der Waals surface area contributed by atoms with Gasteiger partial charge in [0.1, 0.15) is 23.1 Å². The van der Waals surface area contributed by atoms with Gasteiger partial charge in [-0.1, -0.05) is 0 Å². The number of ether oxygens (including phenoxy) is 2. The number of halogens is 1. The summed E-state index contributed by atoms with van der Waals surface area (Å²) in [7, 11) is 3.25. The van der Waals surface area contributed by atoms with E-state index in [4.69, 9.17) is 18.9 Å². The lowest BCUT2D eigenvalue weighted by Crippen LogP contribution is -2.16. The monoisotopic (exact) mass is 410 g/mol. The fourth-order valence-electron chi connectivity index (χ4n) is 2.98. The number of aromatic nitrogens is 1. The number of furan rings is 1. The first-order valence-corrected chi connectivity index (χ1v) is 9.79. The van der Waals surface area contributed by atoms with Crippen molar-refractivity contribution in [1.82, 2.24) is 4.57 Å². The topological polar surface area (TPSA) is 48.9 Å². The van der Waals surface area contributed by atoms with Gasteiger partial charge in [0.05, 0.1) is 38.4 Å². The highest BCUT2D eigenvalue weighted by Crippen LogP contribution is 2.34. The number of rotatable bonds is 6. The fraction of sp³-hybridized carbons (Fsp3) is 0.136. The molecular weight excluding hydrogens is 391 g/mol. The molecule has 0 saturated heterocycles. The molecular formula is C22H19FN2O3S. The smallest absolute Gasteiger partial charge is 0.190 e. The van der Waals surface area contributed by atoms with Crippen LogP contribution in [-0.4, -0.2) is 18.8 Å². The van der Waals surface area contributed by atoms with E-state index in [0.29, 0.717) is 18.0 Å². The van der Waals surface area contributed by atoms with Gasteiger partial charge in [-0.3, -0.25) is 0 Å². The molecule has 4 rings (SSSR count). The molecule has 0 aliphatic rings. The van der Waals surface area contributed by atoms with Gasteiger partial charge >= 0.3 is 0 Å². The molecule has 0 unspecified atom stereocenters. The Bertz CT molecular complexity index is 1160. The molecule has 0 N–H and O–H groups in total. The molecule has 2 heterocycles. The lowest BCUT2D eigenvalue weighted by Gasteiger charge is -2.12. The Morgan fingerprint density at radius 3 is 2.59 bits per heavy atom. The minimum atomic E-state index is -0.290. The van der Waals surface area contributed by atoms with Gasteiger partial charge in [-0.2, -0.15) is 0 Å². The van der Waals surface area contributed by atoms with Gasteiger partial charge in [-0.15, -0.1) is 11.3 Å². The van der Waals surface area contributed by atoms with Crippen LogP contribution in [0.3, 0.4) is 0 Å². The summed E-state index contributed by atoms with van der Waals surface area (Å²) in [5.41, 5.74) is 2.53. The predicted molar refractivity (Wildman–Crippen MR) is 110 cm³/mol. The molecule has 0 spiro atoms. The largest absolute Gasteiger partial charge is 0.497 e. The summed E-state index contributed by atoms with van der Waals surface area (Å²) in [6.45, 7) is 0.501. The summed E-state index contributed by atoms with van der Waals surface area (Å²) in [5.74, 6) is 1.93. The third-order valence-corrected chi connectivity index (χ3v) is 5.29. The number of methoxy groups -OCH3 is 2. The van der Waals surface area contributed by atoms with Crippen molar-refractivity contribution in [3.05, 3.63) is 82.6 Å². The van der Waals surface area contributed by atoms with E-state index in [1.54, 1.807) is 32.6 Å². The first-order valence-electron chi connectivity index (χ1n) is 8.91. The van der Waals surface area contributed by atoms with Crippen LogP contribution in [0, 0.1) is 5.82 Å². The molecule has 0 amide bonds. The lowest BCUT2D eigenvalue weighted by atomic mass is 10.1. The van der Waals surface area contributed by atoms with Crippen LogP contribution >= 0.6 is 11.3 Å². The number of benzene rings is 2. The summed E-state index contributed by atoms with van der Waals surface area (Å²) in [6.07, 6.45) is 1.65. The van der Waals surface area contributed by atoms with Gasteiger partial charge in [-0.25, -0.2) is 9.38 Å². The second-order valence-corrected chi connectivity index (χ2v) is 7.06. The average molecular weight is 410 g/mol.